The third-order valence-corrected chi connectivity index (χ3v) is 9.60. The van der Waals surface area contributed by atoms with Crippen LogP contribution in [0, 0.1) is 5.92 Å². The second-order valence-corrected chi connectivity index (χ2v) is 12.3. The maximum absolute atomic E-state index is 13.2. The Balaban J connectivity index is 1.27. The van der Waals surface area contributed by atoms with Gasteiger partial charge in [0, 0.05) is 41.5 Å². The fourth-order valence-corrected chi connectivity index (χ4v) is 7.00. The van der Waals surface area contributed by atoms with Gasteiger partial charge in [-0.25, -0.2) is 8.42 Å². The van der Waals surface area contributed by atoms with E-state index in [0.717, 1.165) is 48.0 Å². The van der Waals surface area contributed by atoms with Crippen LogP contribution in [-0.4, -0.2) is 70.6 Å². The van der Waals surface area contributed by atoms with E-state index < -0.39 is 21.7 Å². The highest BCUT2D eigenvalue weighted by Gasteiger charge is 2.48. The average molecular weight is 529 g/mol. The van der Waals surface area contributed by atoms with Gasteiger partial charge in [0.05, 0.1) is 19.3 Å². The van der Waals surface area contributed by atoms with E-state index in [1.54, 1.807) is 6.08 Å². The van der Waals surface area contributed by atoms with Gasteiger partial charge >= 0.3 is 0 Å². The van der Waals surface area contributed by atoms with Gasteiger partial charge < -0.3 is 20.1 Å². The van der Waals surface area contributed by atoms with Crippen molar-refractivity contribution in [3.63, 3.8) is 0 Å². The number of nitrogens with zero attached hydrogens (tertiary/aromatic N) is 3. The van der Waals surface area contributed by atoms with E-state index in [0.29, 0.717) is 18.8 Å². The Morgan fingerprint density at radius 1 is 1.14 bits per heavy atom. The van der Waals surface area contributed by atoms with Crippen molar-refractivity contribution in [3.8, 4) is 0 Å². The van der Waals surface area contributed by atoms with Crippen molar-refractivity contribution in [1.82, 2.24) is 14.2 Å². The van der Waals surface area contributed by atoms with E-state index >= 15 is 0 Å². The molecule has 1 saturated carbocycles. The van der Waals surface area contributed by atoms with Crippen LogP contribution in [0.5, 0.6) is 0 Å². The molecular formula is C27H36N4O5S. The number of aliphatic hydroxyl groups is 2. The Hall–Kier alpha value is -2.53. The Bertz CT molecular complexity index is 1300. The second kappa shape index (κ2) is 10.7. The first-order valence-corrected chi connectivity index (χ1v) is 14.8. The van der Waals surface area contributed by atoms with Crippen molar-refractivity contribution >= 4 is 38.7 Å². The number of hydrogen-bond acceptors (Lipinski definition) is 6. The Morgan fingerprint density at radius 2 is 1.86 bits per heavy atom. The number of fused-ring (bicyclic) bond motifs is 1. The number of aliphatic imine (C=N–C) groups is 1. The number of benzene rings is 1. The van der Waals surface area contributed by atoms with Gasteiger partial charge in [-0.1, -0.05) is 37.8 Å². The highest BCUT2D eigenvalue weighted by Crippen LogP contribution is 2.34. The Morgan fingerprint density at radius 3 is 2.57 bits per heavy atom. The summed E-state index contributed by atoms with van der Waals surface area (Å²) < 4.78 is 29.6. The van der Waals surface area contributed by atoms with Crippen LogP contribution in [0.2, 0.25) is 0 Å². The molecule has 2 aliphatic heterocycles. The standard InChI is InChI=1S/C27H36N4O5S/c32-19-22(33)18-30-14-10-23-20(8-5-9-24(23)30)11-17-37(35,36)31-15-12-27(13-16-31)26(34)28-25(29-27)21-6-3-1-2-4-7-21/h5,8-11,14,17,21-22,32-33H,1-4,6-7,12-13,15-16,18-19H2,(H,28,29,34). The van der Waals surface area contributed by atoms with Gasteiger partial charge in [-0.3, -0.25) is 9.79 Å². The lowest BCUT2D eigenvalue weighted by atomic mass is 9.89. The van der Waals surface area contributed by atoms with E-state index in [-0.39, 0.29) is 32.1 Å². The Kier molecular flexibility index (Phi) is 7.53. The van der Waals surface area contributed by atoms with Gasteiger partial charge in [-0.2, -0.15) is 4.31 Å². The van der Waals surface area contributed by atoms with Gasteiger partial charge in [-0.15, -0.1) is 0 Å². The molecule has 1 saturated heterocycles. The van der Waals surface area contributed by atoms with Crippen LogP contribution in [0.1, 0.15) is 56.9 Å². The van der Waals surface area contributed by atoms with E-state index in [2.05, 4.69) is 5.32 Å². The third-order valence-electron chi connectivity index (χ3n) is 8.04. The lowest BCUT2D eigenvalue weighted by Gasteiger charge is -2.34. The molecule has 37 heavy (non-hydrogen) atoms. The molecule has 10 heteroatoms. The molecule has 1 atom stereocenters. The number of amidine groups is 1. The van der Waals surface area contributed by atoms with Gasteiger partial charge in [-0.05, 0) is 49.5 Å². The van der Waals surface area contributed by atoms with Gasteiger partial charge in [0.1, 0.15) is 11.4 Å². The first-order chi connectivity index (χ1) is 17.8. The Labute approximate surface area is 217 Å². The summed E-state index contributed by atoms with van der Waals surface area (Å²) in [4.78, 5) is 17.8. The second-order valence-electron chi connectivity index (χ2n) is 10.5. The lowest BCUT2D eigenvalue weighted by molar-refractivity contribution is -0.124. The normalized spacial score (nSPS) is 22.4. The van der Waals surface area contributed by atoms with Crippen LogP contribution in [0.4, 0.5) is 0 Å². The number of sulfonamides is 1. The molecule has 1 aromatic carbocycles. The lowest BCUT2D eigenvalue weighted by Crippen LogP contribution is -2.50. The fraction of sp³-hybridized carbons (Fsp3) is 0.556. The zero-order valence-electron chi connectivity index (χ0n) is 21.1. The quantitative estimate of drug-likeness (QED) is 0.477. The van der Waals surface area contributed by atoms with Crippen molar-refractivity contribution in [2.24, 2.45) is 10.9 Å². The molecule has 1 aromatic heterocycles. The molecule has 3 aliphatic rings. The van der Waals surface area contributed by atoms with Gasteiger partial charge in [0.15, 0.2) is 0 Å². The zero-order chi connectivity index (χ0) is 26.0. The molecule has 3 N–H and O–H groups in total. The molecule has 5 rings (SSSR count). The first-order valence-electron chi connectivity index (χ1n) is 13.3. The molecule has 1 amide bonds. The van der Waals surface area contributed by atoms with Crippen LogP contribution < -0.4 is 5.32 Å². The van der Waals surface area contributed by atoms with Crippen molar-refractivity contribution in [1.29, 1.82) is 0 Å². The summed E-state index contributed by atoms with van der Waals surface area (Å²) in [7, 11) is -3.68. The molecule has 9 nitrogen and oxygen atoms in total. The van der Waals surface area contributed by atoms with E-state index in [1.165, 1.54) is 22.6 Å². The maximum Gasteiger partial charge on any atom is 0.253 e. The zero-order valence-corrected chi connectivity index (χ0v) is 21.9. The smallest absolute Gasteiger partial charge is 0.253 e. The third kappa shape index (κ3) is 5.38. The van der Waals surface area contributed by atoms with Crippen LogP contribution in [0.15, 0.2) is 40.9 Å². The van der Waals surface area contributed by atoms with Crippen molar-refractivity contribution in [3.05, 3.63) is 41.4 Å². The predicted octanol–water partition coefficient (Wildman–Crippen LogP) is 2.63. The monoisotopic (exact) mass is 528 g/mol. The van der Waals surface area contributed by atoms with Crippen molar-refractivity contribution in [2.75, 3.05) is 19.7 Å². The number of aromatic nitrogens is 1. The van der Waals surface area contributed by atoms with Gasteiger partial charge in [0.2, 0.25) is 10.0 Å². The SMILES string of the molecule is O=C1NC(C2CCCCCC2)=NC12CCN(S(=O)(=O)C=Cc1cccc3c1ccn3CC(O)CO)CC2. The number of nitrogens with one attached hydrogen (secondary N) is 1. The molecule has 2 aromatic rings. The minimum Gasteiger partial charge on any atom is -0.394 e. The predicted molar refractivity (Wildman–Crippen MR) is 143 cm³/mol. The highest BCUT2D eigenvalue weighted by molar-refractivity contribution is 7.92. The number of amides is 1. The largest absolute Gasteiger partial charge is 0.394 e. The molecule has 200 valence electrons. The molecular weight excluding hydrogens is 492 g/mol. The summed E-state index contributed by atoms with van der Waals surface area (Å²) in [6.07, 6.45) is 10.2. The van der Waals surface area contributed by atoms with Gasteiger partial charge in [0.25, 0.3) is 5.91 Å². The van der Waals surface area contributed by atoms with Crippen molar-refractivity contribution < 1.29 is 23.4 Å². The minimum absolute atomic E-state index is 0.0816. The molecule has 0 bridgehead atoms. The van der Waals surface area contributed by atoms with Crippen LogP contribution in [0.3, 0.4) is 0 Å². The molecule has 2 fully saturated rings. The highest BCUT2D eigenvalue weighted by atomic mass is 32.2. The van der Waals surface area contributed by atoms with Crippen LogP contribution in [-0.2, 0) is 21.4 Å². The summed E-state index contributed by atoms with van der Waals surface area (Å²) in [6, 6.07) is 7.45. The summed E-state index contributed by atoms with van der Waals surface area (Å²) in [5.41, 5.74) is 0.756. The molecule has 1 spiro atoms. The van der Waals surface area contributed by atoms with Crippen LogP contribution >= 0.6 is 0 Å². The molecule has 3 heterocycles. The van der Waals surface area contributed by atoms with Crippen molar-refractivity contribution in [2.45, 2.75) is 69.6 Å². The van der Waals surface area contributed by atoms with E-state index in [4.69, 9.17) is 10.1 Å². The average Bonchev–Trinajstić information content (AvgIpc) is 3.30. The number of carbonyl (C=O) groups excluding carboxylic acids is 1. The summed E-state index contributed by atoms with van der Waals surface area (Å²) >= 11 is 0. The van der Waals surface area contributed by atoms with Crippen LogP contribution in [0.25, 0.3) is 17.0 Å². The number of piperidine rings is 1. The summed E-state index contributed by atoms with van der Waals surface area (Å²) in [5, 5.41) is 24.1. The summed E-state index contributed by atoms with van der Waals surface area (Å²) in [6.45, 7) is 0.422. The van der Waals surface area contributed by atoms with E-state index in [9.17, 15) is 18.3 Å². The minimum atomic E-state index is -3.68. The van der Waals surface area contributed by atoms with E-state index in [1.807, 2.05) is 35.0 Å². The number of carbonyl (C=O) groups is 1. The first kappa shape index (κ1) is 26.1. The topological polar surface area (TPSA) is 124 Å². The maximum atomic E-state index is 13.2. The molecule has 1 aliphatic carbocycles. The number of rotatable bonds is 7. The molecule has 0 radical (unpaired) electrons. The number of hydrogen-bond donors (Lipinski definition) is 3. The molecule has 1 unspecified atom stereocenters. The fourth-order valence-electron chi connectivity index (χ4n) is 5.82. The summed E-state index contributed by atoms with van der Waals surface area (Å²) in [5.74, 6) is 1.04. The number of aliphatic hydroxyl groups excluding tert-OH is 2.